The van der Waals surface area contributed by atoms with Gasteiger partial charge in [0.05, 0.1) is 23.1 Å². The Morgan fingerprint density at radius 3 is 2.58 bits per heavy atom. The van der Waals surface area contributed by atoms with Gasteiger partial charge in [0.2, 0.25) is 0 Å². The van der Waals surface area contributed by atoms with Crippen molar-refractivity contribution in [3.8, 4) is 22.3 Å². The number of H-pyrrole nitrogens is 1. The second kappa shape index (κ2) is 9.74. The topological polar surface area (TPSA) is 90.5 Å². The van der Waals surface area contributed by atoms with Crippen LogP contribution in [0.15, 0.2) is 96.2 Å². The first kappa shape index (κ1) is 22.7. The Kier molecular flexibility index (Phi) is 5.80. The van der Waals surface area contributed by atoms with Crippen molar-refractivity contribution >= 4 is 33.6 Å². The third kappa shape index (κ3) is 4.30. The number of anilines is 2. The smallest absolute Gasteiger partial charge is 0.143 e. The standard InChI is InChI=1S/C30H25N7S/c1-2-4-19(5-3-1)12-31-13-20-10-23(15-32-14-20)21-6-7-26-24(11-21)29(37-36-26)30-34-27-17-33-16-25(28(27)35-30)22-8-9-38-18-22/h1-11,14-18,30-31,34-35H,12-13H2,(H,36,37). The van der Waals surface area contributed by atoms with Crippen molar-refractivity contribution in [2.75, 3.05) is 10.6 Å². The summed E-state index contributed by atoms with van der Waals surface area (Å²) < 4.78 is 0. The third-order valence-corrected chi connectivity index (χ3v) is 7.54. The third-order valence-electron chi connectivity index (χ3n) is 6.86. The Morgan fingerprint density at radius 1 is 0.789 bits per heavy atom. The Balaban J connectivity index is 1.14. The van der Waals surface area contributed by atoms with Gasteiger partial charge >= 0.3 is 0 Å². The molecule has 186 valence electrons. The summed E-state index contributed by atoms with van der Waals surface area (Å²) in [5, 5.41) is 23.9. The molecule has 38 heavy (non-hydrogen) atoms. The van der Waals surface area contributed by atoms with E-state index in [1.807, 2.05) is 30.9 Å². The number of aromatic nitrogens is 4. The summed E-state index contributed by atoms with van der Waals surface area (Å²) in [5.41, 5.74) is 10.8. The summed E-state index contributed by atoms with van der Waals surface area (Å²) in [5.74, 6) is 0. The SMILES string of the molecule is c1ccc(CNCc2cncc(-c3ccc4[nH]nc(C5Nc6cncc(-c7ccsc7)c6N5)c4c3)c2)cc1. The molecule has 0 amide bonds. The van der Waals surface area contributed by atoms with E-state index in [1.165, 1.54) is 5.56 Å². The van der Waals surface area contributed by atoms with Crippen LogP contribution in [-0.4, -0.2) is 20.2 Å². The summed E-state index contributed by atoms with van der Waals surface area (Å²) in [6.45, 7) is 1.58. The van der Waals surface area contributed by atoms with Crippen molar-refractivity contribution in [2.45, 2.75) is 19.3 Å². The Labute approximate surface area is 224 Å². The number of rotatable bonds is 7. The van der Waals surface area contributed by atoms with Crippen molar-refractivity contribution in [1.82, 2.24) is 25.5 Å². The van der Waals surface area contributed by atoms with Gasteiger partial charge in [-0.25, -0.2) is 0 Å². The molecule has 0 bridgehead atoms. The number of pyridine rings is 2. The van der Waals surface area contributed by atoms with Crippen LogP contribution in [0.4, 0.5) is 11.4 Å². The van der Waals surface area contributed by atoms with Crippen molar-refractivity contribution in [3.05, 3.63) is 113 Å². The van der Waals surface area contributed by atoms with Crippen LogP contribution in [0.25, 0.3) is 33.2 Å². The summed E-state index contributed by atoms with van der Waals surface area (Å²) in [6.07, 6.45) is 7.45. The fourth-order valence-electron chi connectivity index (χ4n) is 4.96. The van der Waals surface area contributed by atoms with Crippen molar-refractivity contribution in [3.63, 3.8) is 0 Å². The average Bonchev–Trinajstić information content (AvgIpc) is 3.73. The number of thiophene rings is 1. The first-order valence-electron chi connectivity index (χ1n) is 12.5. The summed E-state index contributed by atoms with van der Waals surface area (Å²) in [6, 6.07) is 21.1. The molecule has 1 atom stereocenters. The molecule has 0 aliphatic carbocycles. The van der Waals surface area contributed by atoms with E-state index in [0.717, 1.165) is 68.9 Å². The molecule has 0 saturated carbocycles. The van der Waals surface area contributed by atoms with Crippen LogP contribution in [0.5, 0.6) is 0 Å². The number of nitrogens with one attached hydrogen (secondary N) is 4. The van der Waals surface area contributed by atoms with Gasteiger partial charge in [0.15, 0.2) is 0 Å². The van der Waals surface area contributed by atoms with Crippen LogP contribution < -0.4 is 16.0 Å². The van der Waals surface area contributed by atoms with Crippen molar-refractivity contribution < 1.29 is 0 Å². The Morgan fingerprint density at radius 2 is 1.68 bits per heavy atom. The van der Waals surface area contributed by atoms with Gasteiger partial charge in [0.25, 0.3) is 0 Å². The molecule has 0 saturated heterocycles. The second-order valence-corrected chi connectivity index (χ2v) is 10.2. The second-order valence-electron chi connectivity index (χ2n) is 9.38. The molecule has 6 aromatic rings. The molecule has 7 nitrogen and oxygen atoms in total. The lowest BCUT2D eigenvalue weighted by Gasteiger charge is -2.11. The van der Waals surface area contributed by atoms with E-state index < -0.39 is 0 Å². The molecule has 8 heteroatoms. The highest BCUT2D eigenvalue weighted by Crippen LogP contribution is 2.42. The lowest BCUT2D eigenvalue weighted by Crippen LogP contribution is -2.13. The summed E-state index contributed by atoms with van der Waals surface area (Å²) in [4.78, 5) is 8.97. The van der Waals surface area contributed by atoms with Crippen LogP contribution in [0, 0.1) is 0 Å². The molecular weight excluding hydrogens is 490 g/mol. The van der Waals surface area contributed by atoms with Crippen LogP contribution >= 0.6 is 11.3 Å². The first-order chi connectivity index (χ1) is 18.8. The molecule has 1 aliphatic heterocycles. The molecule has 0 radical (unpaired) electrons. The Bertz CT molecular complexity index is 1710. The van der Waals surface area contributed by atoms with E-state index in [-0.39, 0.29) is 6.17 Å². The van der Waals surface area contributed by atoms with E-state index in [0.29, 0.717) is 0 Å². The lowest BCUT2D eigenvalue weighted by molar-refractivity contribution is 0.691. The maximum atomic E-state index is 4.68. The number of nitrogens with zero attached hydrogens (tertiary/aromatic N) is 3. The number of hydrogen-bond acceptors (Lipinski definition) is 7. The van der Waals surface area contributed by atoms with Crippen molar-refractivity contribution in [1.29, 1.82) is 0 Å². The van der Waals surface area contributed by atoms with Crippen LogP contribution in [0.2, 0.25) is 0 Å². The molecule has 0 spiro atoms. The van der Waals surface area contributed by atoms with Crippen LogP contribution in [0.1, 0.15) is 23.0 Å². The molecular formula is C30H25N7S. The minimum atomic E-state index is -0.165. The monoisotopic (exact) mass is 515 g/mol. The van der Waals surface area contributed by atoms with Gasteiger partial charge in [0, 0.05) is 48.2 Å². The minimum absolute atomic E-state index is 0.165. The van der Waals surface area contributed by atoms with E-state index in [9.17, 15) is 0 Å². The molecule has 7 rings (SSSR count). The van der Waals surface area contributed by atoms with Gasteiger partial charge in [-0.2, -0.15) is 16.4 Å². The van der Waals surface area contributed by atoms with E-state index in [2.05, 4.69) is 101 Å². The van der Waals surface area contributed by atoms with Gasteiger partial charge in [-0.1, -0.05) is 36.4 Å². The average molecular weight is 516 g/mol. The minimum Gasteiger partial charge on any atom is -0.358 e. The maximum Gasteiger partial charge on any atom is 0.143 e. The zero-order valence-electron chi connectivity index (χ0n) is 20.5. The fourth-order valence-corrected chi connectivity index (χ4v) is 5.61. The predicted molar refractivity (Wildman–Crippen MR) is 154 cm³/mol. The zero-order chi connectivity index (χ0) is 25.3. The highest BCUT2D eigenvalue weighted by molar-refractivity contribution is 7.08. The lowest BCUT2D eigenvalue weighted by atomic mass is 10.0. The zero-order valence-corrected chi connectivity index (χ0v) is 21.3. The summed E-state index contributed by atoms with van der Waals surface area (Å²) in [7, 11) is 0. The largest absolute Gasteiger partial charge is 0.358 e. The highest BCUT2D eigenvalue weighted by atomic mass is 32.1. The van der Waals surface area contributed by atoms with Gasteiger partial charge in [-0.3, -0.25) is 15.1 Å². The van der Waals surface area contributed by atoms with E-state index in [4.69, 9.17) is 0 Å². The number of benzene rings is 2. The van der Waals surface area contributed by atoms with Crippen LogP contribution in [-0.2, 0) is 13.1 Å². The van der Waals surface area contributed by atoms with E-state index >= 15 is 0 Å². The molecule has 0 fully saturated rings. The predicted octanol–water partition coefficient (Wildman–Crippen LogP) is 6.57. The van der Waals surface area contributed by atoms with Gasteiger partial charge < -0.3 is 16.0 Å². The highest BCUT2D eigenvalue weighted by Gasteiger charge is 2.27. The molecule has 5 heterocycles. The summed E-state index contributed by atoms with van der Waals surface area (Å²) >= 11 is 1.68. The number of hydrogen-bond donors (Lipinski definition) is 4. The molecule has 1 unspecified atom stereocenters. The van der Waals surface area contributed by atoms with Crippen molar-refractivity contribution in [2.24, 2.45) is 0 Å². The molecule has 2 aromatic carbocycles. The van der Waals surface area contributed by atoms with Gasteiger partial charge in [-0.05, 0) is 57.3 Å². The quantitative estimate of drug-likeness (QED) is 0.192. The van der Waals surface area contributed by atoms with Gasteiger partial charge in [0.1, 0.15) is 11.9 Å². The van der Waals surface area contributed by atoms with Gasteiger partial charge in [-0.15, -0.1) is 0 Å². The normalized spacial score (nSPS) is 14.3. The molecule has 4 aromatic heterocycles. The maximum absolute atomic E-state index is 4.68. The fraction of sp³-hybridized carbons (Fsp3) is 0.100. The number of fused-ring (bicyclic) bond motifs is 2. The molecule has 4 N–H and O–H groups in total. The first-order valence-corrected chi connectivity index (χ1v) is 13.5. The number of aromatic amines is 1. The van der Waals surface area contributed by atoms with E-state index in [1.54, 1.807) is 11.3 Å². The Hall–Kier alpha value is -4.53. The molecule has 1 aliphatic rings. The van der Waals surface area contributed by atoms with Crippen LogP contribution in [0.3, 0.4) is 0 Å².